The van der Waals surface area contributed by atoms with Gasteiger partial charge in [-0.25, -0.2) is 9.59 Å². The summed E-state index contributed by atoms with van der Waals surface area (Å²) < 4.78 is 37.0. The Kier molecular flexibility index (Phi) is 8.67. The minimum absolute atomic E-state index is 0.0837. The Bertz CT molecular complexity index is 1340. The Morgan fingerprint density at radius 1 is 0.476 bits per heavy atom. The van der Waals surface area contributed by atoms with Gasteiger partial charge in [-0.05, 0) is 24.3 Å². The highest BCUT2D eigenvalue weighted by molar-refractivity contribution is 5.89. The maximum atomic E-state index is 12.8. The van der Waals surface area contributed by atoms with Crippen LogP contribution in [0.25, 0.3) is 0 Å². The number of carbonyl (C=O) groups excluding carboxylic acids is 2. The molecule has 0 radical (unpaired) electrons. The van der Waals surface area contributed by atoms with Gasteiger partial charge >= 0.3 is 11.9 Å². The van der Waals surface area contributed by atoms with Gasteiger partial charge in [0.1, 0.15) is 37.6 Å². The van der Waals surface area contributed by atoms with Crippen LogP contribution < -0.4 is 0 Å². The van der Waals surface area contributed by atoms with Crippen LogP contribution in [0.4, 0.5) is 0 Å². The highest BCUT2D eigenvalue weighted by atomic mass is 16.8. The van der Waals surface area contributed by atoms with Gasteiger partial charge in [-0.3, -0.25) is 0 Å². The molecule has 2 unspecified atom stereocenters. The van der Waals surface area contributed by atoms with Crippen molar-refractivity contribution in [2.75, 3.05) is 13.2 Å². The average molecular weight is 567 g/mol. The standard InChI is InChI=1S/C34H30O8/c35-31(23-13-5-1-6-14-23)37-21-27-29-30(42-33(39-27)25-17-9-3-10-18-25)28(22-38-32(36)24-15-7-2-8-16-24)40-34(41-29)26-19-11-4-12-20-26/h1-20,27-30,33-34H,21-22H2/t27-,28+,29-,30-,33?,34?/m1/s1. The zero-order chi connectivity index (χ0) is 28.7. The van der Waals surface area contributed by atoms with Crippen LogP contribution in [0.5, 0.6) is 0 Å². The topological polar surface area (TPSA) is 89.5 Å². The molecular weight excluding hydrogens is 536 g/mol. The molecule has 2 aliphatic rings. The van der Waals surface area contributed by atoms with Crippen molar-refractivity contribution in [3.05, 3.63) is 144 Å². The van der Waals surface area contributed by atoms with Crippen molar-refractivity contribution in [2.24, 2.45) is 0 Å². The number of benzene rings is 4. The molecule has 0 spiro atoms. The number of esters is 2. The van der Waals surface area contributed by atoms with Gasteiger partial charge in [0.15, 0.2) is 12.6 Å². The molecule has 2 fully saturated rings. The van der Waals surface area contributed by atoms with Gasteiger partial charge in [0.05, 0.1) is 11.1 Å². The number of hydrogen-bond acceptors (Lipinski definition) is 8. The smallest absolute Gasteiger partial charge is 0.338 e. The number of carbonyl (C=O) groups is 2. The molecule has 8 heteroatoms. The highest BCUT2D eigenvalue weighted by Gasteiger charge is 2.51. The van der Waals surface area contributed by atoms with Crippen LogP contribution in [-0.2, 0) is 28.4 Å². The first kappa shape index (κ1) is 27.8. The number of fused-ring (bicyclic) bond motifs is 1. The lowest BCUT2D eigenvalue weighted by Crippen LogP contribution is -2.60. The normalized spacial score (nSPS) is 25.1. The molecule has 2 saturated heterocycles. The van der Waals surface area contributed by atoms with E-state index in [4.69, 9.17) is 28.4 Å². The lowest BCUT2D eigenvalue weighted by molar-refractivity contribution is -0.386. The third-order valence-electron chi connectivity index (χ3n) is 7.13. The van der Waals surface area contributed by atoms with Crippen molar-refractivity contribution in [2.45, 2.75) is 37.0 Å². The number of hydrogen-bond donors (Lipinski definition) is 0. The van der Waals surface area contributed by atoms with E-state index in [1.54, 1.807) is 48.5 Å². The Hall–Kier alpha value is -4.34. The maximum absolute atomic E-state index is 12.8. The van der Waals surface area contributed by atoms with Crippen LogP contribution in [0.1, 0.15) is 44.4 Å². The minimum Gasteiger partial charge on any atom is -0.459 e. The van der Waals surface area contributed by atoms with Crippen molar-refractivity contribution in [1.82, 2.24) is 0 Å². The van der Waals surface area contributed by atoms with Crippen LogP contribution in [0.15, 0.2) is 121 Å². The predicted octanol–water partition coefficient (Wildman–Crippen LogP) is 5.67. The summed E-state index contributed by atoms with van der Waals surface area (Å²) in [5.74, 6) is -0.947. The molecule has 6 atom stereocenters. The molecule has 0 aromatic heterocycles. The second-order valence-corrected chi connectivity index (χ2v) is 9.96. The molecule has 6 rings (SSSR count). The first-order chi connectivity index (χ1) is 20.7. The van der Waals surface area contributed by atoms with Crippen molar-refractivity contribution in [3.8, 4) is 0 Å². The molecule has 2 heterocycles. The van der Waals surface area contributed by atoms with E-state index in [9.17, 15) is 9.59 Å². The SMILES string of the molecule is O=C(OC[C@@H]1OC(c2ccccc2)O[C@H]2[C@@H]1OC(c1ccccc1)O[C@@H]2COC(=O)c1ccccc1)c1ccccc1. The largest absolute Gasteiger partial charge is 0.459 e. The summed E-state index contributed by atoms with van der Waals surface area (Å²) in [5, 5.41) is 0. The molecule has 42 heavy (non-hydrogen) atoms. The average Bonchev–Trinajstić information content (AvgIpc) is 3.07. The lowest BCUT2D eigenvalue weighted by atomic mass is 9.98. The molecule has 0 saturated carbocycles. The Morgan fingerprint density at radius 3 is 1.17 bits per heavy atom. The molecule has 0 aliphatic carbocycles. The van der Waals surface area contributed by atoms with Gasteiger partial charge in [-0.1, -0.05) is 97.1 Å². The van der Waals surface area contributed by atoms with E-state index in [1.165, 1.54) is 0 Å². The van der Waals surface area contributed by atoms with Crippen molar-refractivity contribution in [3.63, 3.8) is 0 Å². The summed E-state index contributed by atoms with van der Waals surface area (Å²) in [7, 11) is 0. The predicted molar refractivity (Wildman–Crippen MR) is 151 cm³/mol. The molecule has 0 amide bonds. The molecule has 4 aromatic rings. The minimum atomic E-state index is -0.791. The van der Waals surface area contributed by atoms with Crippen LogP contribution in [0, 0.1) is 0 Å². The monoisotopic (exact) mass is 566 g/mol. The zero-order valence-electron chi connectivity index (χ0n) is 22.7. The third-order valence-corrected chi connectivity index (χ3v) is 7.13. The summed E-state index contributed by atoms with van der Waals surface area (Å²) >= 11 is 0. The summed E-state index contributed by atoms with van der Waals surface area (Å²) in [4.78, 5) is 25.7. The second-order valence-electron chi connectivity index (χ2n) is 9.96. The molecule has 214 valence electrons. The Morgan fingerprint density at radius 2 is 0.810 bits per heavy atom. The van der Waals surface area contributed by atoms with Gasteiger partial charge in [-0.15, -0.1) is 0 Å². The molecule has 4 aromatic carbocycles. The lowest BCUT2D eigenvalue weighted by Gasteiger charge is -2.48. The zero-order valence-corrected chi connectivity index (χ0v) is 22.7. The van der Waals surface area contributed by atoms with Crippen LogP contribution in [0.3, 0.4) is 0 Å². The van der Waals surface area contributed by atoms with Gasteiger partial charge in [0, 0.05) is 11.1 Å². The van der Waals surface area contributed by atoms with E-state index in [-0.39, 0.29) is 13.2 Å². The van der Waals surface area contributed by atoms with E-state index in [2.05, 4.69) is 0 Å². The quantitative estimate of drug-likeness (QED) is 0.252. The van der Waals surface area contributed by atoms with E-state index < -0.39 is 48.9 Å². The molecule has 0 N–H and O–H groups in total. The van der Waals surface area contributed by atoms with Crippen molar-refractivity contribution in [1.29, 1.82) is 0 Å². The van der Waals surface area contributed by atoms with E-state index in [0.29, 0.717) is 11.1 Å². The summed E-state index contributed by atoms with van der Waals surface area (Å²) in [5.41, 5.74) is 2.42. The number of rotatable bonds is 8. The van der Waals surface area contributed by atoms with E-state index >= 15 is 0 Å². The molecule has 0 bridgehead atoms. The first-order valence-electron chi connectivity index (χ1n) is 13.8. The highest BCUT2D eigenvalue weighted by Crippen LogP contribution is 2.41. The van der Waals surface area contributed by atoms with Gasteiger partial charge in [0.25, 0.3) is 0 Å². The molecule has 2 aliphatic heterocycles. The second kappa shape index (κ2) is 13.1. The number of ether oxygens (including phenoxy) is 6. The van der Waals surface area contributed by atoms with Gasteiger partial charge in [0.2, 0.25) is 0 Å². The summed E-state index contributed by atoms with van der Waals surface area (Å²) in [6.45, 7) is -0.167. The fourth-order valence-electron chi connectivity index (χ4n) is 5.01. The van der Waals surface area contributed by atoms with Crippen LogP contribution in [0.2, 0.25) is 0 Å². The van der Waals surface area contributed by atoms with Crippen LogP contribution in [-0.4, -0.2) is 49.6 Å². The van der Waals surface area contributed by atoms with E-state index in [0.717, 1.165) is 11.1 Å². The molecular formula is C34H30O8. The van der Waals surface area contributed by atoms with Crippen molar-refractivity contribution >= 4 is 11.9 Å². The summed E-state index contributed by atoms with van der Waals surface area (Å²) in [6, 6.07) is 36.4. The third kappa shape index (κ3) is 6.42. The fourth-order valence-corrected chi connectivity index (χ4v) is 5.01. The molecule has 8 nitrogen and oxygen atoms in total. The Balaban J connectivity index is 1.27. The van der Waals surface area contributed by atoms with Gasteiger partial charge in [-0.2, -0.15) is 0 Å². The Labute approximate surface area is 243 Å². The summed E-state index contributed by atoms with van der Waals surface area (Å²) in [6.07, 6.45) is -4.39. The first-order valence-corrected chi connectivity index (χ1v) is 13.8. The van der Waals surface area contributed by atoms with E-state index in [1.807, 2.05) is 72.8 Å². The maximum Gasteiger partial charge on any atom is 0.338 e. The van der Waals surface area contributed by atoms with Gasteiger partial charge < -0.3 is 28.4 Å². The van der Waals surface area contributed by atoms with Crippen LogP contribution >= 0.6 is 0 Å². The van der Waals surface area contributed by atoms with Crippen molar-refractivity contribution < 1.29 is 38.0 Å². The fraction of sp³-hybridized carbons (Fsp3) is 0.235.